The minimum Gasteiger partial charge on any atom is -0.378 e. The molecule has 1 aromatic heterocycles. The average molecular weight is 329 g/mol. The van der Waals surface area contributed by atoms with Gasteiger partial charge in [0.1, 0.15) is 5.82 Å². The van der Waals surface area contributed by atoms with E-state index in [0.29, 0.717) is 12.6 Å². The van der Waals surface area contributed by atoms with E-state index in [4.69, 9.17) is 9.72 Å². The summed E-state index contributed by atoms with van der Waals surface area (Å²) in [6.07, 6.45) is 6.63. The fourth-order valence-electron chi connectivity index (χ4n) is 3.99. The predicted octanol–water partition coefficient (Wildman–Crippen LogP) is 2.73. The third kappa shape index (κ3) is 2.79. The summed E-state index contributed by atoms with van der Waals surface area (Å²) in [5, 5.41) is 2.89. The molecule has 2 fully saturated rings. The van der Waals surface area contributed by atoms with Gasteiger partial charge in [-0.25, -0.2) is 4.98 Å². The molecule has 0 bridgehead atoms. The van der Waals surface area contributed by atoms with E-state index in [2.05, 4.69) is 17.1 Å². The summed E-state index contributed by atoms with van der Waals surface area (Å²) >= 11 is 0. The maximum atomic E-state index is 11.9. The maximum absolute atomic E-state index is 11.9. The Kier molecular flexibility index (Phi) is 4.21. The Morgan fingerprint density at radius 3 is 2.58 bits per heavy atom. The van der Waals surface area contributed by atoms with E-state index in [1.807, 2.05) is 6.92 Å². The van der Waals surface area contributed by atoms with Gasteiger partial charge >= 0.3 is 0 Å². The van der Waals surface area contributed by atoms with Crippen LogP contribution in [0.1, 0.15) is 59.3 Å². The number of aromatic nitrogens is 1. The van der Waals surface area contributed by atoms with Crippen LogP contribution in [0.2, 0.25) is 0 Å². The van der Waals surface area contributed by atoms with Crippen molar-refractivity contribution < 1.29 is 9.53 Å². The summed E-state index contributed by atoms with van der Waals surface area (Å²) in [6, 6.07) is 0. The van der Waals surface area contributed by atoms with E-state index in [0.717, 1.165) is 66.7 Å². The van der Waals surface area contributed by atoms with Gasteiger partial charge in [-0.2, -0.15) is 0 Å². The second-order valence-corrected chi connectivity index (χ2v) is 7.51. The van der Waals surface area contributed by atoms with Crippen LogP contribution in [0.4, 0.5) is 5.82 Å². The second kappa shape index (κ2) is 6.36. The second-order valence-electron chi connectivity index (χ2n) is 7.51. The van der Waals surface area contributed by atoms with Gasteiger partial charge in [0.05, 0.1) is 23.9 Å². The SMILES string of the molecule is Cc1c(N2CCC(OCC3CCC3)CC2)nc2c(c1C)C(=O)NC2. The van der Waals surface area contributed by atoms with Crippen LogP contribution >= 0.6 is 0 Å². The monoisotopic (exact) mass is 329 g/mol. The highest BCUT2D eigenvalue weighted by atomic mass is 16.5. The van der Waals surface area contributed by atoms with E-state index >= 15 is 0 Å². The molecule has 0 radical (unpaired) electrons. The number of ether oxygens (including phenoxy) is 1. The van der Waals surface area contributed by atoms with Gasteiger partial charge in [0.2, 0.25) is 0 Å². The zero-order chi connectivity index (χ0) is 16.7. The molecule has 0 unspecified atom stereocenters. The number of amides is 1. The van der Waals surface area contributed by atoms with Crippen LogP contribution in [0.15, 0.2) is 0 Å². The largest absolute Gasteiger partial charge is 0.378 e. The zero-order valence-corrected chi connectivity index (χ0v) is 14.7. The molecule has 1 aliphatic carbocycles. The lowest BCUT2D eigenvalue weighted by molar-refractivity contribution is -0.00101. The first-order valence-corrected chi connectivity index (χ1v) is 9.28. The number of carbonyl (C=O) groups is 1. The lowest BCUT2D eigenvalue weighted by Crippen LogP contribution is -2.39. The van der Waals surface area contributed by atoms with Crippen molar-refractivity contribution in [2.45, 2.75) is 58.6 Å². The van der Waals surface area contributed by atoms with Crippen molar-refractivity contribution in [3.8, 4) is 0 Å². The van der Waals surface area contributed by atoms with Crippen molar-refractivity contribution in [3.63, 3.8) is 0 Å². The molecule has 3 heterocycles. The van der Waals surface area contributed by atoms with Gasteiger partial charge in [-0.3, -0.25) is 4.79 Å². The van der Waals surface area contributed by atoms with E-state index < -0.39 is 0 Å². The molecule has 5 heteroatoms. The normalized spacial score (nSPS) is 21.6. The van der Waals surface area contributed by atoms with Crippen molar-refractivity contribution in [3.05, 3.63) is 22.4 Å². The summed E-state index contributed by atoms with van der Waals surface area (Å²) in [6.45, 7) is 7.62. The van der Waals surface area contributed by atoms with Crippen LogP contribution in [-0.4, -0.2) is 36.7 Å². The molecule has 2 aliphatic heterocycles. The molecular formula is C19H27N3O2. The first-order valence-electron chi connectivity index (χ1n) is 9.28. The number of anilines is 1. The van der Waals surface area contributed by atoms with Gasteiger partial charge in [-0.1, -0.05) is 6.42 Å². The Bertz CT molecular complexity index is 647. The van der Waals surface area contributed by atoms with Crippen LogP contribution in [0.5, 0.6) is 0 Å². The lowest BCUT2D eigenvalue weighted by atomic mass is 9.86. The zero-order valence-electron chi connectivity index (χ0n) is 14.7. The molecule has 1 saturated heterocycles. The fraction of sp³-hybridized carbons (Fsp3) is 0.684. The molecule has 5 nitrogen and oxygen atoms in total. The third-order valence-corrected chi connectivity index (χ3v) is 5.98. The van der Waals surface area contributed by atoms with Gasteiger partial charge in [0.25, 0.3) is 5.91 Å². The summed E-state index contributed by atoms with van der Waals surface area (Å²) in [7, 11) is 0. The van der Waals surface area contributed by atoms with E-state index in [1.54, 1.807) is 0 Å². The van der Waals surface area contributed by atoms with Crippen molar-refractivity contribution in [2.24, 2.45) is 5.92 Å². The smallest absolute Gasteiger partial charge is 0.253 e. The van der Waals surface area contributed by atoms with Gasteiger partial charge in [0, 0.05) is 19.7 Å². The average Bonchev–Trinajstić information content (AvgIpc) is 2.91. The highest BCUT2D eigenvalue weighted by Gasteiger charge is 2.29. The van der Waals surface area contributed by atoms with Crippen molar-refractivity contribution >= 4 is 11.7 Å². The molecule has 3 aliphatic rings. The Morgan fingerprint density at radius 2 is 1.92 bits per heavy atom. The Balaban J connectivity index is 1.42. The highest BCUT2D eigenvalue weighted by molar-refractivity contribution is 5.99. The molecule has 0 aromatic carbocycles. The maximum Gasteiger partial charge on any atom is 0.253 e. The van der Waals surface area contributed by atoms with Gasteiger partial charge < -0.3 is 15.0 Å². The summed E-state index contributed by atoms with van der Waals surface area (Å²) in [5.41, 5.74) is 3.91. The molecular weight excluding hydrogens is 302 g/mol. The van der Waals surface area contributed by atoms with E-state index in [9.17, 15) is 4.79 Å². The number of hydrogen-bond acceptors (Lipinski definition) is 4. The van der Waals surface area contributed by atoms with Crippen LogP contribution in [0.3, 0.4) is 0 Å². The number of rotatable bonds is 4. The Morgan fingerprint density at radius 1 is 1.17 bits per heavy atom. The molecule has 1 saturated carbocycles. The predicted molar refractivity (Wildman–Crippen MR) is 93.4 cm³/mol. The quantitative estimate of drug-likeness (QED) is 0.923. The highest BCUT2D eigenvalue weighted by Crippen LogP contribution is 2.31. The van der Waals surface area contributed by atoms with Crippen LogP contribution in [-0.2, 0) is 11.3 Å². The number of fused-ring (bicyclic) bond motifs is 1. The topological polar surface area (TPSA) is 54.5 Å². The third-order valence-electron chi connectivity index (χ3n) is 5.98. The number of nitrogens with zero attached hydrogens (tertiary/aromatic N) is 2. The van der Waals surface area contributed by atoms with Gasteiger partial charge in [0.15, 0.2) is 0 Å². The number of nitrogens with one attached hydrogen (secondary N) is 1. The van der Waals surface area contributed by atoms with Crippen molar-refractivity contribution in [1.29, 1.82) is 0 Å². The molecule has 1 N–H and O–H groups in total. The Hall–Kier alpha value is -1.62. The molecule has 0 atom stereocenters. The molecule has 130 valence electrons. The lowest BCUT2D eigenvalue weighted by Gasteiger charge is -2.35. The molecule has 4 rings (SSSR count). The number of hydrogen-bond donors (Lipinski definition) is 1. The van der Waals surface area contributed by atoms with Crippen LogP contribution in [0.25, 0.3) is 0 Å². The minimum absolute atomic E-state index is 0.0211. The molecule has 1 aromatic rings. The number of pyridine rings is 1. The fourth-order valence-corrected chi connectivity index (χ4v) is 3.99. The summed E-state index contributed by atoms with van der Waals surface area (Å²) in [5.74, 6) is 1.89. The Labute approximate surface area is 143 Å². The first-order chi connectivity index (χ1) is 11.6. The number of carbonyl (C=O) groups excluding carboxylic acids is 1. The van der Waals surface area contributed by atoms with Crippen LogP contribution < -0.4 is 10.2 Å². The summed E-state index contributed by atoms with van der Waals surface area (Å²) in [4.78, 5) is 19.1. The van der Waals surface area contributed by atoms with Crippen LogP contribution in [0, 0.1) is 19.8 Å². The van der Waals surface area contributed by atoms with E-state index in [1.165, 1.54) is 19.3 Å². The molecule has 1 amide bonds. The van der Waals surface area contributed by atoms with Gasteiger partial charge in [-0.15, -0.1) is 0 Å². The number of piperidine rings is 1. The van der Waals surface area contributed by atoms with Crippen molar-refractivity contribution in [1.82, 2.24) is 10.3 Å². The first kappa shape index (κ1) is 15.9. The standard InChI is InChI=1S/C19H27N3O2/c1-12-13(2)18(21-16-10-20-19(23)17(12)16)22-8-6-15(7-9-22)24-11-14-4-3-5-14/h14-15H,3-11H2,1-2H3,(H,20,23). The molecule has 0 spiro atoms. The van der Waals surface area contributed by atoms with Gasteiger partial charge in [-0.05, 0) is 56.6 Å². The summed E-state index contributed by atoms with van der Waals surface area (Å²) < 4.78 is 6.11. The van der Waals surface area contributed by atoms with Crippen molar-refractivity contribution in [2.75, 3.05) is 24.6 Å². The minimum atomic E-state index is 0.0211. The molecule has 24 heavy (non-hydrogen) atoms. The van der Waals surface area contributed by atoms with E-state index in [-0.39, 0.29) is 5.91 Å².